The van der Waals surface area contributed by atoms with Crippen LogP contribution in [0.2, 0.25) is 0 Å². The third-order valence-electron chi connectivity index (χ3n) is 7.02. The topological polar surface area (TPSA) is 78.1 Å². The Bertz CT molecular complexity index is 1240. The minimum Gasteiger partial charge on any atom is -0.355 e. The molecule has 4 rings (SSSR count). The fourth-order valence-corrected chi connectivity index (χ4v) is 4.71. The van der Waals surface area contributed by atoms with Crippen LogP contribution in [0.25, 0.3) is 10.9 Å². The molecule has 0 aliphatic heterocycles. The van der Waals surface area contributed by atoms with Crippen molar-refractivity contribution in [3.63, 3.8) is 0 Å². The molecule has 3 aromatic rings. The number of rotatable bonds is 9. The van der Waals surface area contributed by atoms with Crippen LogP contribution in [0, 0.1) is 5.41 Å². The highest BCUT2D eigenvalue weighted by Crippen LogP contribution is 2.66. The Balaban J connectivity index is 1.44. The highest BCUT2D eigenvalue weighted by molar-refractivity contribution is 5.79. The average Bonchev–Trinajstić information content (AvgIpc) is 3.63. The number of fused-ring (bicyclic) bond motifs is 1. The number of halogens is 3. The van der Waals surface area contributed by atoms with Gasteiger partial charge in [0, 0.05) is 48.9 Å². The molecule has 1 amide bonds. The number of benzene rings is 1. The van der Waals surface area contributed by atoms with Crippen LogP contribution >= 0.6 is 0 Å². The van der Waals surface area contributed by atoms with Crippen LogP contribution in [0.1, 0.15) is 36.3 Å². The lowest BCUT2D eigenvalue weighted by Crippen LogP contribution is -2.42. The molecule has 2 aromatic heterocycles. The van der Waals surface area contributed by atoms with Crippen molar-refractivity contribution in [1.29, 1.82) is 0 Å². The number of nitrogens with zero attached hydrogens (tertiary/aromatic N) is 2. The summed E-state index contributed by atoms with van der Waals surface area (Å²) in [6, 6.07) is 12.2. The molecule has 0 saturated heterocycles. The lowest BCUT2D eigenvalue weighted by molar-refractivity contribution is -0.194. The third kappa shape index (κ3) is 5.56. The minimum absolute atomic E-state index is 0.0247. The molecule has 1 aromatic carbocycles. The number of nitrogens with one attached hydrogen (secondary N) is 2. The first-order chi connectivity index (χ1) is 16.6. The van der Waals surface area contributed by atoms with Crippen LogP contribution in [0.15, 0.2) is 59.7 Å². The fourth-order valence-electron chi connectivity index (χ4n) is 4.71. The van der Waals surface area contributed by atoms with Crippen molar-refractivity contribution in [3.8, 4) is 0 Å². The molecule has 2 heterocycles. The van der Waals surface area contributed by atoms with Crippen molar-refractivity contribution in [2.75, 3.05) is 20.6 Å². The molecule has 2 atom stereocenters. The quantitative estimate of drug-likeness (QED) is 0.479. The van der Waals surface area contributed by atoms with E-state index in [1.807, 2.05) is 37.2 Å². The Labute approximate surface area is 201 Å². The summed E-state index contributed by atoms with van der Waals surface area (Å²) in [6.45, 7) is 0.300. The Hall–Kier alpha value is -3.20. The van der Waals surface area contributed by atoms with Crippen molar-refractivity contribution < 1.29 is 18.0 Å². The number of amides is 1. The number of carbonyl (C=O) groups is 1. The Morgan fingerprint density at radius 2 is 1.97 bits per heavy atom. The van der Waals surface area contributed by atoms with E-state index in [0.29, 0.717) is 18.5 Å². The van der Waals surface area contributed by atoms with E-state index in [2.05, 4.69) is 15.3 Å². The monoisotopic (exact) mass is 486 g/mol. The minimum atomic E-state index is -4.37. The predicted molar refractivity (Wildman–Crippen MR) is 128 cm³/mol. The van der Waals surface area contributed by atoms with Crippen LogP contribution in [0.4, 0.5) is 13.2 Å². The highest BCUT2D eigenvalue weighted by Gasteiger charge is 2.67. The number of likely N-dealkylation sites (N-methyl/N-ethyl adjacent to an activating group) is 1. The van der Waals surface area contributed by atoms with Crippen LogP contribution in [-0.2, 0) is 11.2 Å². The first kappa shape index (κ1) is 24.9. The zero-order chi connectivity index (χ0) is 25.2. The van der Waals surface area contributed by atoms with E-state index in [4.69, 9.17) is 0 Å². The smallest absolute Gasteiger partial charge is 0.355 e. The first-order valence-corrected chi connectivity index (χ1v) is 11.6. The summed E-state index contributed by atoms with van der Waals surface area (Å²) in [5.74, 6) is -1.37. The van der Waals surface area contributed by atoms with Gasteiger partial charge in [-0.05, 0) is 74.1 Å². The Morgan fingerprint density at radius 3 is 2.60 bits per heavy atom. The van der Waals surface area contributed by atoms with Crippen molar-refractivity contribution in [2.24, 2.45) is 5.41 Å². The number of hydrogen-bond donors (Lipinski definition) is 2. The van der Waals surface area contributed by atoms with Crippen molar-refractivity contribution in [3.05, 3.63) is 76.3 Å². The molecule has 186 valence electrons. The van der Waals surface area contributed by atoms with Gasteiger partial charge in [0.1, 0.15) is 0 Å². The van der Waals surface area contributed by atoms with Crippen molar-refractivity contribution in [2.45, 2.75) is 43.8 Å². The van der Waals surface area contributed by atoms with E-state index in [-0.39, 0.29) is 30.9 Å². The van der Waals surface area contributed by atoms with E-state index in [0.717, 1.165) is 16.5 Å². The van der Waals surface area contributed by atoms with Gasteiger partial charge < -0.3 is 15.2 Å². The number of hydrogen-bond acceptors (Lipinski definition) is 4. The molecule has 1 saturated carbocycles. The van der Waals surface area contributed by atoms with E-state index in [9.17, 15) is 22.8 Å². The molecular formula is C26H29F3N4O2. The normalized spacial score (nSPS) is 16.7. The number of pyridine rings is 2. The largest absolute Gasteiger partial charge is 0.395 e. The summed E-state index contributed by atoms with van der Waals surface area (Å²) in [5.41, 5.74) is 0.189. The van der Waals surface area contributed by atoms with Gasteiger partial charge in [-0.2, -0.15) is 13.2 Å². The summed E-state index contributed by atoms with van der Waals surface area (Å²) < 4.78 is 41.7. The maximum atomic E-state index is 13.9. The second-order valence-electron chi connectivity index (χ2n) is 9.57. The maximum Gasteiger partial charge on any atom is 0.395 e. The molecule has 1 unspecified atom stereocenters. The number of alkyl halides is 3. The molecule has 1 fully saturated rings. The van der Waals surface area contributed by atoms with E-state index in [1.165, 1.54) is 18.5 Å². The van der Waals surface area contributed by atoms with E-state index in [1.54, 1.807) is 18.2 Å². The molecule has 0 radical (unpaired) electrons. The second-order valence-corrected chi connectivity index (χ2v) is 9.57. The van der Waals surface area contributed by atoms with Gasteiger partial charge in [0.2, 0.25) is 11.5 Å². The highest BCUT2D eigenvalue weighted by atomic mass is 19.4. The molecule has 35 heavy (non-hydrogen) atoms. The summed E-state index contributed by atoms with van der Waals surface area (Å²) in [4.78, 5) is 33.1. The molecule has 1 aliphatic carbocycles. The summed E-state index contributed by atoms with van der Waals surface area (Å²) in [7, 11) is 3.80. The second kappa shape index (κ2) is 9.81. The number of H-pyrrole nitrogens is 1. The third-order valence-corrected chi connectivity index (χ3v) is 7.02. The van der Waals surface area contributed by atoms with E-state index >= 15 is 0 Å². The molecule has 0 bridgehead atoms. The van der Waals surface area contributed by atoms with Crippen LogP contribution < -0.4 is 10.9 Å². The first-order valence-electron chi connectivity index (χ1n) is 11.6. The van der Waals surface area contributed by atoms with Gasteiger partial charge in [0.25, 0.3) is 0 Å². The number of aromatic nitrogens is 2. The summed E-state index contributed by atoms with van der Waals surface area (Å²) in [5, 5.41) is 3.77. The van der Waals surface area contributed by atoms with Gasteiger partial charge >= 0.3 is 6.18 Å². The maximum absolute atomic E-state index is 13.9. The lowest BCUT2D eigenvalue weighted by Gasteiger charge is -2.30. The van der Waals surface area contributed by atoms with Crippen LogP contribution in [0.3, 0.4) is 0 Å². The van der Waals surface area contributed by atoms with Gasteiger partial charge in [-0.1, -0.05) is 12.1 Å². The van der Waals surface area contributed by atoms with Gasteiger partial charge in [0.05, 0.1) is 5.41 Å². The van der Waals surface area contributed by atoms with Gasteiger partial charge in [-0.3, -0.25) is 14.6 Å². The molecule has 9 heteroatoms. The number of aromatic amines is 1. The van der Waals surface area contributed by atoms with Gasteiger partial charge in [-0.15, -0.1) is 0 Å². The summed E-state index contributed by atoms with van der Waals surface area (Å²) in [6.07, 6.45) is -0.997. The molecule has 6 nitrogen and oxygen atoms in total. The molecular weight excluding hydrogens is 457 g/mol. The predicted octanol–water partition coefficient (Wildman–Crippen LogP) is 4.03. The summed E-state index contributed by atoms with van der Waals surface area (Å²) >= 11 is 0. The standard InChI is InChI=1S/C26H29F3N4O2/c1-33(2)20(13-17-5-7-22-18(12-17)6-8-23(34)32-22)16-31-24(35)14-21(19-4-3-11-30-15-19)25(9-10-25)26(27,28)29/h3-8,11-12,15,20-21H,9-10,13-14,16H2,1-2H3,(H,31,35)(H,32,34)/t20-,21?/m0/s1. The fraction of sp³-hybridized carbons (Fsp3) is 0.423. The molecule has 1 aliphatic rings. The van der Waals surface area contributed by atoms with Gasteiger partial charge in [0.15, 0.2) is 0 Å². The zero-order valence-electron chi connectivity index (χ0n) is 19.7. The Morgan fingerprint density at radius 1 is 1.20 bits per heavy atom. The average molecular weight is 487 g/mol. The Kier molecular flexibility index (Phi) is 6.98. The van der Waals surface area contributed by atoms with Crippen LogP contribution in [0.5, 0.6) is 0 Å². The van der Waals surface area contributed by atoms with E-state index < -0.39 is 23.4 Å². The lowest BCUT2D eigenvalue weighted by atomic mass is 9.80. The van der Waals surface area contributed by atoms with Crippen LogP contribution in [-0.4, -0.2) is 53.6 Å². The zero-order valence-corrected chi connectivity index (χ0v) is 19.7. The SMILES string of the molecule is CN(C)[C@H](CNC(=O)CC(c1cccnc1)C1(C(F)(F)F)CC1)Cc1ccc2[nH]c(=O)ccc2c1. The van der Waals surface area contributed by atoms with Gasteiger partial charge in [-0.25, -0.2) is 0 Å². The van der Waals surface area contributed by atoms with Crippen molar-refractivity contribution in [1.82, 2.24) is 20.2 Å². The van der Waals surface area contributed by atoms with Crippen molar-refractivity contribution >= 4 is 16.8 Å². The molecule has 0 spiro atoms. The molecule has 2 N–H and O–H groups in total. The number of carbonyl (C=O) groups excluding carboxylic acids is 1.